The third kappa shape index (κ3) is 10.4. The van der Waals surface area contributed by atoms with Crippen molar-refractivity contribution in [2.45, 2.75) is 45.8 Å². The van der Waals surface area contributed by atoms with Gasteiger partial charge in [-0.2, -0.15) is 0 Å². The molecular weight excluding hydrogens is 208 g/mol. The van der Waals surface area contributed by atoms with E-state index < -0.39 is 0 Å². The van der Waals surface area contributed by atoms with Crippen molar-refractivity contribution < 1.29 is 19.3 Å². The van der Waals surface area contributed by atoms with Crippen LogP contribution in [0.3, 0.4) is 0 Å². The number of aliphatic hydroxyl groups is 1. The number of hydrogen-bond acceptors (Lipinski definition) is 4. The molecule has 16 heavy (non-hydrogen) atoms. The summed E-state index contributed by atoms with van der Waals surface area (Å²) in [6.45, 7) is 10.4. The summed E-state index contributed by atoms with van der Waals surface area (Å²) in [6.07, 6.45) is 1.06. The number of aliphatic hydroxyl groups excluding tert-OH is 1. The van der Waals surface area contributed by atoms with Crippen LogP contribution in [-0.4, -0.2) is 49.8 Å². The molecule has 4 heteroatoms. The summed E-state index contributed by atoms with van der Waals surface area (Å²) in [5, 5.41) is 8.55. The lowest BCUT2D eigenvalue weighted by atomic mass is 10.1. The molecule has 0 bridgehead atoms. The van der Waals surface area contributed by atoms with E-state index in [4.69, 9.17) is 19.3 Å². The van der Waals surface area contributed by atoms with E-state index in [1.54, 1.807) is 0 Å². The monoisotopic (exact) mass is 234 g/mol. The molecule has 0 fully saturated rings. The van der Waals surface area contributed by atoms with Gasteiger partial charge in [-0.15, -0.1) is 0 Å². The van der Waals surface area contributed by atoms with Crippen LogP contribution in [0.1, 0.15) is 34.1 Å². The van der Waals surface area contributed by atoms with Gasteiger partial charge in [0.2, 0.25) is 0 Å². The minimum Gasteiger partial charge on any atom is -0.394 e. The minimum atomic E-state index is -0.199. The molecule has 0 radical (unpaired) electrons. The number of hydrogen-bond donors (Lipinski definition) is 1. The van der Waals surface area contributed by atoms with Gasteiger partial charge >= 0.3 is 0 Å². The van der Waals surface area contributed by atoms with Gasteiger partial charge in [0.15, 0.2) is 0 Å². The van der Waals surface area contributed by atoms with Crippen LogP contribution in [0.25, 0.3) is 0 Å². The molecule has 0 rings (SSSR count). The molecule has 0 saturated carbocycles. The Morgan fingerprint density at radius 2 is 1.75 bits per heavy atom. The zero-order chi connectivity index (χ0) is 12.4. The maximum absolute atomic E-state index is 8.55. The molecule has 0 aliphatic heterocycles. The molecule has 0 unspecified atom stereocenters. The van der Waals surface area contributed by atoms with Gasteiger partial charge in [-0.25, -0.2) is 0 Å². The molecule has 0 aromatic rings. The largest absolute Gasteiger partial charge is 0.394 e. The van der Waals surface area contributed by atoms with Gasteiger partial charge < -0.3 is 19.3 Å². The lowest BCUT2D eigenvalue weighted by molar-refractivity contribution is -0.0701. The van der Waals surface area contributed by atoms with Crippen molar-refractivity contribution in [1.82, 2.24) is 0 Å². The molecule has 1 N–H and O–H groups in total. The van der Waals surface area contributed by atoms with Crippen molar-refractivity contribution in [3.8, 4) is 0 Å². The molecule has 0 aliphatic carbocycles. The van der Waals surface area contributed by atoms with Crippen LogP contribution in [0.4, 0.5) is 0 Å². The molecule has 4 nitrogen and oxygen atoms in total. The van der Waals surface area contributed by atoms with Crippen LogP contribution in [0.2, 0.25) is 0 Å². The lowest BCUT2D eigenvalue weighted by Gasteiger charge is -2.25. The highest BCUT2D eigenvalue weighted by atomic mass is 16.5. The maximum Gasteiger partial charge on any atom is 0.0707 e. The van der Waals surface area contributed by atoms with Crippen molar-refractivity contribution in [1.29, 1.82) is 0 Å². The van der Waals surface area contributed by atoms with Gasteiger partial charge in [0, 0.05) is 6.61 Å². The van der Waals surface area contributed by atoms with E-state index in [0.717, 1.165) is 6.42 Å². The molecule has 0 amide bonds. The average molecular weight is 234 g/mol. The van der Waals surface area contributed by atoms with Gasteiger partial charge in [-0.05, 0) is 34.1 Å². The number of ether oxygens (including phenoxy) is 3. The third-order valence-electron chi connectivity index (χ3n) is 2.11. The van der Waals surface area contributed by atoms with E-state index in [1.165, 1.54) is 0 Å². The lowest BCUT2D eigenvalue weighted by Crippen LogP contribution is -2.28. The second-order valence-corrected chi connectivity index (χ2v) is 4.61. The average Bonchev–Trinajstić information content (AvgIpc) is 2.19. The first-order chi connectivity index (χ1) is 7.48. The van der Waals surface area contributed by atoms with Gasteiger partial charge in [0.25, 0.3) is 0 Å². The first-order valence-electron chi connectivity index (χ1n) is 5.92. The highest BCUT2D eigenvalue weighted by Crippen LogP contribution is 2.14. The Labute approximate surface area is 98.9 Å². The van der Waals surface area contributed by atoms with Crippen molar-refractivity contribution in [2.24, 2.45) is 0 Å². The summed E-state index contributed by atoms with van der Waals surface area (Å²) < 4.78 is 16.3. The van der Waals surface area contributed by atoms with Crippen LogP contribution >= 0.6 is 0 Å². The highest BCUT2D eigenvalue weighted by Gasteiger charge is 2.17. The van der Waals surface area contributed by atoms with Gasteiger partial charge in [-0.3, -0.25) is 0 Å². The fourth-order valence-corrected chi connectivity index (χ4v) is 1.16. The fraction of sp³-hybridized carbons (Fsp3) is 1.00. The van der Waals surface area contributed by atoms with Crippen molar-refractivity contribution >= 4 is 0 Å². The second-order valence-electron chi connectivity index (χ2n) is 4.61. The molecular formula is C12H26O4. The van der Waals surface area contributed by atoms with Crippen molar-refractivity contribution in [2.75, 3.05) is 33.0 Å². The zero-order valence-electron chi connectivity index (χ0n) is 11.0. The van der Waals surface area contributed by atoms with Gasteiger partial charge in [-0.1, -0.05) is 0 Å². The molecule has 0 saturated heterocycles. The molecule has 0 spiro atoms. The Bertz CT molecular complexity index is 157. The first-order valence-corrected chi connectivity index (χ1v) is 5.92. The Balaban J connectivity index is 3.46. The first kappa shape index (κ1) is 15.8. The van der Waals surface area contributed by atoms with Crippen LogP contribution < -0.4 is 0 Å². The molecule has 0 aromatic heterocycles. The molecule has 0 heterocycles. The third-order valence-corrected chi connectivity index (χ3v) is 2.11. The Kier molecular flexibility index (Phi) is 8.84. The van der Waals surface area contributed by atoms with E-state index in [-0.39, 0.29) is 18.3 Å². The van der Waals surface area contributed by atoms with Crippen LogP contribution in [0.15, 0.2) is 0 Å². The van der Waals surface area contributed by atoms with E-state index in [1.807, 2.05) is 27.7 Å². The molecule has 0 aromatic carbocycles. The topological polar surface area (TPSA) is 47.9 Å². The molecule has 0 aliphatic rings. The quantitative estimate of drug-likeness (QED) is 0.583. The van der Waals surface area contributed by atoms with Crippen molar-refractivity contribution in [3.63, 3.8) is 0 Å². The molecule has 98 valence electrons. The van der Waals surface area contributed by atoms with E-state index in [9.17, 15) is 0 Å². The van der Waals surface area contributed by atoms with Gasteiger partial charge in [0.05, 0.1) is 38.1 Å². The fourth-order valence-electron chi connectivity index (χ4n) is 1.16. The Morgan fingerprint density at radius 1 is 1.06 bits per heavy atom. The summed E-state index contributed by atoms with van der Waals surface area (Å²) >= 11 is 0. The molecule has 0 atom stereocenters. The Hall–Kier alpha value is -0.160. The SMILES string of the molecule is CC(C)OCCOC(C)(C)CCOCCO. The van der Waals surface area contributed by atoms with Crippen LogP contribution in [-0.2, 0) is 14.2 Å². The highest BCUT2D eigenvalue weighted by molar-refractivity contribution is 4.67. The van der Waals surface area contributed by atoms with E-state index in [2.05, 4.69) is 0 Å². The number of rotatable bonds is 10. The smallest absolute Gasteiger partial charge is 0.0707 e. The van der Waals surface area contributed by atoms with E-state index in [0.29, 0.717) is 26.4 Å². The van der Waals surface area contributed by atoms with Crippen LogP contribution in [0.5, 0.6) is 0 Å². The van der Waals surface area contributed by atoms with Crippen LogP contribution in [0, 0.1) is 0 Å². The Morgan fingerprint density at radius 3 is 2.31 bits per heavy atom. The minimum absolute atomic E-state index is 0.0729. The van der Waals surface area contributed by atoms with E-state index >= 15 is 0 Å². The summed E-state index contributed by atoms with van der Waals surface area (Å²) in [4.78, 5) is 0. The summed E-state index contributed by atoms with van der Waals surface area (Å²) in [5.74, 6) is 0. The second kappa shape index (κ2) is 8.93. The predicted octanol–water partition coefficient (Wildman–Crippen LogP) is 1.61. The summed E-state index contributed by atoms with van der Waals surface area (Å²) in [6, 6.07) is 0. The normalized spacial score (nSPS) is 12.4. The summed E-state index contributed by atoms with van der Waals surface area (Å²) in [5.41, 5.74) is -0.199. The predicted molar refractivity (Wildman–Crippen MR) is 63.6 cm³/mol. The van der Waals surface area contributed by atoms with Crippen molar-refractivity contribution in [3.05, 3.63) is 0 Å². The zero-order valence-corrected chi connectivity index (χ0v) is 11.0. The maximum atomic E-state index is 8.55. The summed E-state index contributed by atoms with van der Waals surface area (Å²) in [7, 11) is 0. The standard InChI is InChI=1S/C12H26O4/c1-11(2)15-9-10-16-12(3,4)5-7-14-8-6-13/h11,13H,5-10H2,1-4H3. The van der Waals surface area contributed by atoms with Gasteiger partial charge in [0.1, 0.15) is 0 Å².